The van der Waals surface area contributed by atoms with Crippen molar-refractivity contribution < 1.29 is 4.79 Å². The van der Waals surface area contributed by atoms with Crippen LogP contribution in [0.5, 0.6) is 0 Å². The number of aryl methyl sites for hydroxylation is 2. The summed E-state index contributed by atoms with van der Waals surface area (Å²) in [6, 6.07) is 0.237. The van der Waals surface area contributed by atoms with Gasteiger partial charge in [-0.3, -0.25) is 14.2 Å². The van der Waals surface area contributed by atoms with Crippen molar-refractivity contribution in [1.29, 1.82) is 0 Å². The molecular formula is C14H22N6O. The maximum atomic E-state index is 12.5. The lowest BCUT2D eigenvalue weighted by Gasteiger charge is -2.10. The molecule has 2 rings (SSSR count). The number of anilines is 2. The molecule has 2 aromatic rings. The van der Waals surface area contributed by atoms with Crippen LogP contribution in [0.25, 0.3) is 0 Å². The highest BCUT2D eigenvalue weighted by atomic mass is 16.2. The van der Waals surface area contributed by atoms with Gasteiger partial charge in [-0.25, -0.2) is 0 Å². The molecular weight excluding hydrogens is 268 g/mol. The topological polar surface area (TPSA) is 90.8 Å². The average molecular weight is 290 g/mol. The van der Waals surface area contributed by atoms with Crippen LogP contribution in [0.4, 0.5) is 11.4 Å². The van der Waals surface area contributed by atoms with Crippen LogP contribution in [0.1, 0.15) is 48.7 Å². The first-order valence-corrected chi connectivity index (χ1v) is 7.05. The van der Waals surface area contributed by atoms with Gasteiger partial charge in [0.1, 0.15) is 5.69 Å². The summed E-state index contributed by atoms with van der Waals surface area (Å²) >= 11 is 0. The van der Waals surface area contributed by atoms with E-state index in [4.69, 9.17) is 5.73 Å². The molecule has 21 heavy (non-hydrogen) atoms. The number of rotatable bonds is 4. The molecule has 114 valence electrons. The minimum Gasteiger partial charge on any atom is -0.396 e. The van der Waals surface area contributed by atoms with E-state index in [9.17, 15) is 4.79 Å². The predicted octanol–water partition coefficient (Wildman–Crippen LogP) is 2.13. The van der Waals surface area contributed by atoms with E-state index in [1.54, 1.807) is 4.68 Å². The van der Waals surface area contributed by atoms with E-state index in [2.05, 4.69) is 29.4 Å². The summed E-state index contributed by atoms with van der Waals surface area (Å²) in [4.78, 5) is 12.5. The standard InChI is InChI=1S/C14H22N6O/c1-6-19-13(11(15)7-16-19)14(21)17-12-9(4)18-20(8(2)3)10(12)5/h7-8H,6,15H2,1-5H3,(H,17,21). The SMILES string of the molecule is CCn1ncc(N)c1C(=O)Nc1c(C)nn(C(C)C)c1C. The summed E-state index contributed by atoms with van der Waals surface area (Å²) < 4.78 is 3.48. The third-order valence-corrected chi connectivity index (χ3v) is 3.44. The minimum atomic E-state index is -0.263. The zero-order chi connectivity index (χ0) is 15.7. The Bertz CT molecular complexity index is 667. The Labute approximate surface area is 124 Å². The fraction of sp³-hybridized carbons (Fsp3) is 0.500. The fourth-order valence-electron chi connectivity index (χ4n) is 2.41. The molecule has 0 aliphatic rings. The lowest BCUT2D eigenvalue weighted by atomic mass is 10.2. The van der Waals surface area contributed by atoms with Crippen molar-refractivity contribution in [2.45, 2.75) is 47.2 Å². The number of hydrogen-bond acceptors (Lipinski definition) is 4. The second-order valence-corrected chi connectivity index (χ2v) is 5.30. The maximum Gasteiger partial charge on any atom is 0.276 e. The summed E-state index contributed by atoms with van der Waals surface area (Å²) in [5.41, 5.74) is 9.04. The first kappa shape index (κ1) is 15.1. The molecule has 0 saturated heterocycles. The summed E-state index contributed by atoms with van der Waals surface area (Å²) in [6.45, 7) is 10.4. The van der Waals surface area contributed by atoms with Crippen LogP contribution in [0.3, 0.4) is 0 Å². The lowest BCUT2D eigenvalue weighted by molar-refractivity contribution is 0.101. The number of nitrogens with one attached hydrogen (secondary N) is 1. The number of amides is 1. The van der Waals surface area contributed by atoms with E-state index in [0.717, 1.165) is 17.1 Å². The normalized spacial score (nSPS) is 11.1. The van der Waals surface area contributed by atoms with Crippen molar-refractivity contribution in [3.05, 3.63) is 23.3 Å². The second-order valence-electron chi connectivity index (χ2n) is 5.30. The molecule has 0 aliphatic carbocycles. The molecule has 1 amide bonds. The Morgan fingerprint density at radius 2 is 2.10 bits per heavy atom. The van der Waals surface area contributed by atoms with E-state index < -0.39 is 0 Å². The smallest absolute Gasteiger partial charge is 0.276 e. The van der Waals surface area contributed by atoms with Gasteiger partial charge in [0.15, 0.2) is 0 Å². The molecule has 0 atom stereocenters. The summed E-state index contributed by atoms with van der Waals surface area (Å²) in [5, 5.41) is 11.5. The summed E-state index contributed by atoms with van der Waals surface area (Å²) in [7, 11) is 0. The molecule has 2 heterocycles. The number of carbonyl (C=O) groups is 1. The molecule has 0 aromatic carbocycles. The van der Waals surface area contributed by atoms with Gasteiger partial charge in [0.25, 0.3) is 5.91 Å². The Kier molecular flexibility index (Phi) is 4.02. The Morgan fingerprint density at radius 1 is 1.43 bits per heavy atom. The highest BCUT2D eigenvalue weighted by molar-refractivity contribution is 6.06. The summed E-state index contributed by atoms with van der Waals surface area (Å²) in [6.07, 6.45) is 1.50. The molecule has 7 heteroatoms. The van der Waals surface area contributed by atoms with Crippen LogP contribution < -0.4 is 11.1 Å². The van der Waals surface area contributed by atoms with Crippen molar-refractivity contribution in [3.63, 3.8) is 0 Å². The Balaban J connectivity index is 2.34. The molecule has 0 saturated carbocycles. The second kappa shape index (κ2) is 5.59. The van der Waals surface area contributed by atoms with Crippen LogP contribution in [-0.4, -0.2) is 25.5 Å². The van der Waals surface area contributed by atoms with Crippen LogP contribution >= 0.6 is 0 Å². The van der Waals surface area contributed by atoms with E-state index in [-0.39, 0.29) is 11.9 Å². The molecule has 3 N–H and O–H groups in total. The Hall–Kier alpha value is -2.31. The molecule has 0 radical (unpaired) electrons. The largest absolute Gasteiger partial charge is 0.396 e. The van der Waals surface area contributed by atoms with E-state index >= 15 is 0 Å². The van der Waals surface area contributed by atoms with E-state index in [1.165, 1.54) is 6.20 Å². The quantitative estimate of drug-likeness (QED) is 0.902. The monoisotopic (exact) mass is 290 g/mol. The number of carbonyl (C=O) groups excluding carboxylic acids is 1. The Morgan fingerprint density at radius 3 is 2.62 bits per heavy atom. The first-order valence-electron chi connectivity index (χ1n) is 7.05. The minimum absolute atomic E-state index is 0.237. The molecule has 0 fully saturated rings. The van der Waals surface area contributed by atoms with Gasteiger partial charge >= 0.3 is 0 Å². The zero-order valence-corrected chi connectivity index (χ0v) is 13.1. The molecule has 0 bridgehead atoms. The van der Waals surface area contributed by atoms with Crippen molar-refractivity contribution in [3.8, 4) is 0 Å². The third-order valence-electron chi connectivity index (χ3n) is 3.44. The van der Waals surface area contributed by atoms with Gasteiger partial charge in [-0.1, -0.05) is 0 Å². The van der Waals surface area contributed by atoms with E-state index in [1.807, 2.05) is 25.5 Å². The average Bonchev–Trinajstić information content (AvgIpc) is 2.93. The van der Waals surface area contributed by atoms with Crippen molar-refractivity contribution in [2.75, 3.05) is 11.1 Å². The lowest BCUT2D eigenvalue weighted by Crippen LogP contribution is -2.19. The van der Waals surface area contributed by atoms with E-state index in [0.29, 0.717) is 17.9 Å². The number of nitrogens with zero attached hydrogens (tertiary/aromatic N) is 4. The number of nitrogen functional groups attached to an aromatic ring is 1. The molecule has 0 unspecified atom stereocenters. The molecule has 0 aliphatic heterocycles. The van der Waals surface area contributed by atoms with Crippen molar-refractivity contribution in [2.24, 2.45) is 0 Å². The van der Waals surface area contributed by atoms with Gasteiger partial charge in [-0.05, 0) is 34.6 Å². The van der Waals surface area contributed by atoms with Crippen LogP contribution in [-0.2, 0) is 6.54 Å². The number of aromatic nitrogens is 4. The van der Waals surface area contributed by atoms with Gasteiger partial charge in [-0.2, -0.15) is 10.2 Å². The van der Waals surface area contributed by atoms with Crippen LogP contribution in [0.15, 0.2) is 6.20 Å². The predicted molar refractivity (Wildman–Crippen MR) is 82.4 cm³/mol. The summed E-state index contributed by atoms with van der Waals surface area (Å²) in [5.74, 6) is -0.263. The number of nitrogens with two attached hydrogens (primary N) is 1. The third kappa shape index (κ3) is 2.63. The van der Waals surface area contributed by atoms with Gasteiger partial charge in [0.05, 0.1) is 29.0 Å². The maximum absolute atomic E-state index is 12.5. The highest BCUT2D eigenvalue weighted by Crippen LogP contribution is 2.23. The molecule has 2 aromatic heterocycles. The van der Waals surface area contributed by atoms with Crippen LogP contribution in [0, 0.1) is 13.8 Å². The first-order chi connectivity index (χ1) is 9.86. The number of hydrogen-bond donors (Lipinski definition) is 2. The van der Waals surface area contributed by atoms with Gasteiger partial charge < -0.3 is 11.1 Å². The fourth-order valence-corrected chi connectivity index (χ4v) is 2.41. The molecule has 7 nitrogen and oxygen atoms in total. The van der Waals surface area contributed by atoms with Crippen LogP contribution in [0.2, 0.25) is 0 Å². The van der Waals surface area contributed by atoms with Gasteiger partial charge in [0.2, 0.25) is 0 Å². The van der Waals surface area contributed by atoms with Crippen molar-refractivity contribution >= 4 is 17.3 Å². The van der Waals surface area contributed by atoms with Gasteiger partial charge in [-0.15, -0.1) is 0 Å². The zero-order valence-electron chi connectivity index (χ0n) is 13.1. The van der Waals surface area contributed by atoms with Crippen molar-refractivity contribution in [1.82, 2.24) is 19.6 Å². The highest BCUT2D eigenvalue weighted by Gasteiger charge is 2.20. The molecule has 0 spiro atoms. The van der Waals surface area contributed by atoms with Gasteiger partial charge in [0, 0.05) is 12.6 Å².